The van der Waals surface area contributed by atoms with E-state index < -0.39 is 11.7 Å². The summed E-state index contributed by atoms with van der Waals surface area (Å²) >= 11 is 7.46. The van der Waals surface area contributed by atoms with Crippen molar-refractivity contribution < 1.29 is 13.2 Å². The fourth-order valence-corrected chi connectivity index (χ4v) is 3.63. The van der Waals surface area contributed by atoms with Crippen LogP contribution in [0.5, 0.6) is 0 Å². The van der Waals surface area contributed by atoms with Crippen LogP contribution < -0.4 is 0 Å². The number of rotatable bonds is 1. The van der Waals surface area contributed by atoms with Crippen molar-refractivity contribution in [1.29, 1.82) is 0 Å². The van der Waals surface area contributed by atoms with Crippen molar-refractivity contribution in [2.45, 2.75) is 29.8 Å². The van der Waals surface area contributed by atoms with Gasteiger partial charge in [-0.1, -0.05) is 19.1 Å². The minimum absolute atomic E-state index is 0.0581. The topological polar surface area (TPSA) is 25.8 Å². The van der Waals surface area contributed by atoms with Crippen LogP contribution in [0.1, 0.15) is 18.1 Å². The van der Waals surface area contributed by atoms with Crippen molar-refractivity contribution in [2.75, 3.05) is 0 Å². The Morgan fingerprint density at radius 1 is 1.29 bits per heavy atom. The van der Waals surface area contributed by atoms with E-state index in [2.05, 4.69) is 9.97 Å². The van der Waals surface area contributed by atoms with Crippen LogP contribution in [0, 0.1) is 0 Å². The van der Waals surface area contributed by atoms with Crippen LogP contribution in [0.2, 0.25) is 5.28 Å². The van der Waals surface area contributed by atoms with Gasteiger partial charge in [0.25, 0.3) is 0 Å². The third kappa shape index (κ3) is 2.87. The number of hydrogen-bond acceptors (Lipinski definition) is 3. The number of aromatic nitrogens is 2. The predicted octanol–water partition coefficient (Wildman–Crippen LogP) is 4.85. The largest absolute Gasteiger partial charge is 0.416 e. The van der Waals surface area contributed by atoms with E-state index in [9.17, 15) is 13.2 Å². The Kier molecular flexibility index (Phi) is 3.61. The Hall–Kier alpha value is -1.27. The first-order valence-electron chi connectivity index (χ1n) is 6.25. The van der Waals surface area contributed by atoms with E-state index in [1.54, 1.807) is 17.8 Å². The van der Waals surface area contributed by atoms with Crippen LogP contribution >= 0.6 is 23.4 Å². The lowest BCUT2D eigenvalue weighted by Crippen LogP contribution is -2.05. The maximum absolute atomic E-state index is 12.8. The first kappa shape index (κ1) is 14.7. The zero-order valence-electron chi connectivity index (χ0n) is 10.9. The van der Waals surface area contributed by atoms with E-state index in [-0.39, 0.29) is 5.28 Å². The Morgan fingerprint density at radius 3 is 2.76 bits per heavy atom. The van der Waals surface area contributed by atoms with E-state index >= 15 is 0 Å². The van der Waals surface area contributed by atoms with Crippen LogP contribution in [-0.4, -0.2) is 15.2 Å². The van der Waals surface area contributed by atoms with Crippen molar-refractivity contribution in [3.8, 4) is 11.3 Å². The summed E-state index contributed by atoms with van der Waals surface area (Å²) in [4.78, 5) is 8.30. The number of alkyl halides is 3. The average molecular weight is 331 g/mol. The summed E-state index contributed by atoms with van der Waals surface area (Å²) in [6.07, 6.45) is -3.65. The van der Waals surface area contributed by atoms with Gasteiger partial charge in [0.1, 0.15) is 5.03 Å². The second kappa shape index (κ2) is 5.18. The molecule has 1 unspecified atom stereocenters. The number of nitrogens with zero attached hydrogens (tertiary/aromatic N) is 2. The van der Waals surface area contributed by atoms with Crippen molar-refractivity contribution in [3.63, 3.8) is 0 Å². The van der Waals surface area contributed by atoms with Crippen molar-refractivity contribution >= 4 is 23.4 Å². The van der Waals surface area contributed by atoms with E-state index in [1.807, 2.05) is 6.92 Å². The van der Waals surface area contributed by atoms with Gasteiger partial charge in [-0.3, -0.25) is 0 Å². The highest BCUT2D eigenvalue weighted by molar-refractivity contribution is 8.00. The molecule has 0 bridgehead atoms. The lowest BCUT2D eigenvalue weighted by atomic mass is 10.0. The van der Waals surface area contributed by atoms with Gasteiger partial charge >= 0.3 is 6.18 Å². The Morgan fingerprint density at radius 2 is 2.05 bits per heavy atom. The third-order valence-corrected chi connectivity index (χ3v) is 4.51. The normalized spacial score (nSPS) is 17.9. The van der Waals surface area contributed by atoms with Gasteiger partial charge < -0.3 is 0 Å². The summed E-state index contributed by atoms with van der Waals surface area (Å²) in [5.74, 6) is 0. The van der Waals surface area contributed by atoms with Crippen LogP contribution in [0.25, 0.3) is 11.3 Å². The monoisotopic (exact) mass is 330 g/mol. The minimum Gasteiger partial charge on any atom is -0.218 e. The van der Waals surface area contributed by atoms with E-state index in [4.69, 9.17) is 11.6 Å². The van der Waals surface area contributed by atoms with Gasteiger partial charge in [0.2, 0.25) is 5.28 Å². The SMILES string of the molecule is CC1Cc2c(nc(Cl)nc2-c2cccc(C(F)(F)F)c2)S1. The standard InChI is InChI=1S/C14H10ClF3N2S/c1-7-5-10-11(19-13(15)20-12(10)21-7)8-3-2-4-9(6-8)14(16,17)18/h2-4,6-7H,5H2,1H3. The van der Waals surface area contributed by atoms with Gasteiger partial charge in [-0.05, 0) is 30.2 Å². The van der Waals surface area contributed by atoms with E-state index in [0.717, 1.165) is 29.1 Å². The van der Waals surface area contributed by atoms with Gasteiger partial charge in [0, 0.05) is 16.4 Å². The molecular formula is C14H10ClF3N2S. The molecular weight excluding hydrogens is 321 g/mol. The summed E-state index contributed by atoms with van der Waals surface area (Å²) in [5.41, 5.74) is 1.09. The molecule has 0 N–H and O–H groups in total. The molecule has 21 heavy (non-hydrogen) atoms. The smallest absolute Gasteiger partial charge is 0.218 e. The lowest BCUT2D eigenvalue weighted by Gasteiger charge is -2.11. The predicted molar refractivity (Wildman–Crippen MR) is 76.5 cm³/mol. The summed E-state index contributed by atoms with van der Waals surface area (Å²) < 4.78 is 38.5. The maximum atomic E-state index is 12.8. The first-order chi connectivity index (χ1) is 9.84. The minimum atomic E-state index is -4.38. The third-order valence-electron chi connectivity index (χ3n) is 3.21. The summed E-state index contributed by atoms with van der Waals surface area (Å²) in [6, 6.07) is 5.14. The molecule has 2 aromatic rings. The zero-order valence-corrected chi connectivity index (χ0v) is 12.5. The quantitative estimate of drug-likeness (QED) is 0.552. The molecule has 1 atom stereocenters. The van der Waals surface area contributed by atoms with Crippen LogP contribution in [0.4, 0.5) is 13.2 Å². The Balaban J connectivity index is 2.14. The number of thioether (sulfide) groups is 1. The van der Waals surface area contributed by atoms with Crippen LogP contribution in [0.15, 0.2) is 29.3 Å². The highest BCUT2D eigenvalue weighted by Crippen LogP contribution is 2.41. The molecule has 2 nitrogen and oxygen atoms in total. The molecule has 1 aliphatic heterocycles. The molecule has 2 heterocycles. The first-order valence-corrected chi connectivity index (χ1v) is 7.51. The number of fused-ring (bicyclic) bond motifs is 1. The Bertz CT molecular complexity index is 703. The molecule has 0 saturated carbocycles. The lowest BCUT2D eigenvalue weighted by molar-refractivity contribution is -0.137. The molecule has 7 heteroatoms. The molecule has 1 aromatic carbocycles. The molecule has 1 aliphatic rings. The highest BCUT2D eigenvalue weighted by Gasteiger charge is 2.31. The number of hydrogen-bond donors (Lipinski definition) is 0. The van der Waals surface area contributed by atoms with Crippen LogP contribution in [-0.2, 0) is 12.6 Å². The van der Waals surface area contributed by atoms with Crippen molar-refractivity contribution in [3.05, 3.63) is 40.7 Å². The summed E-state index contributed by atoms with van der Waals surface area (Å²) in [6.45, 7) is 2.04. The van der Waals surface area contributed by atoms with Gasteiger partial charge in [0.15, 0.2) is 0 Å². The molecule has 0 spiro atoms. The van der Waals surface area contributed by atoms with Gasteiger partial charge in [-0.15, -0.1) is 11.8 Å². The zero-order chi connectivity index (χ0) is 15.2. The summed E-state index contributed by atoms with van der Waals surface area (Å²) in [7, 11) is 0. The average Bonchev–Trinajstić information content (AvgIpc) is 2.77. The van der Waals surface area contributed by atoms with Gasteiger partial charge in [-0.25, -0.2) is 9.97 Å². The number of benzene rings is 1. The Labute approximate surface area is 128 Å². The van der Waals surface area contributed by atoms with Crippen molar-refractivity contribution in [2.24, 2.45) is 0 Å². The second-order valence-corrected chi connectivity index (χ2v) is 6.60. The molecule has 0 saturated heterocycles. The molecule has 1 aromatic heterocycles. The second-order valence-electron chi connectivity index (χ2n) is 4.84. The molecule has 3 rings (SSSR count). The molecule has 0 amide bonds. The fourth-order valence-electron chi connectivity index (χ4n) is 2.32. The fraction of sp³-hybridized carbons (Fsp3) is 0.286. The maximum Gasteiger partial charge on any atom is 0.416 e. The molecule has 0 aliphatic carbocycles. The van der Waals surface area contributed by atoms with Crippen LogP contribution in [0.3, 0.4) is 0 Å². The highest BCUT2D eigenvalue weighted by atomic mass is 35.5. The van der Waals surface area contributed by atoms with E-state index in [0.29, 0.717) is 16.5 Å². The van der Waals surface area contributed by atoms with E-state index in [1.165, 1.54) is 6.07 Å². The summed E-state index contributed by atoms with van der Waals surface area (Å²) in [5, 5.41) is 1.13. The number of halogens is 4. The molecule has 0 fully saturated rings. The van der Waals surface area contributed by atoms with Crippen molar-refractivity contribution in [1.82, 2.24) is 9.97 Å². The van der Waals surface area contributed by atoms with Gasteiger partial charge in [0.05, 0.1) is 11.3 Å². The van der Waals surface area contributed by atoms with Gasteiger partial charge in [-0.2, -0.15) is 13.2 Å². The molecule has 110 valence electrons. The molecule has 0 radical (unpaired) electrons.